The molecular weight excluding hydrogens is 297 g/mol. The van der Waals surface area contributed by atoms with Crippen molar-refractivity contribution in [3.8, 4) is 5.75 Å². The number of carbonyl (C=O) groups is 1. The molecule has 1 heterocycles. The summed E-state index contributed by atoms with van der Waals surface area (Å²) in [6, 6.07) is 7.50. The van der Waals surface area contributed by atoms with Gasteiger partial charge in [0.05, 0.1) is 17.7 Å². The van der Waals surface area contributed by atoms with Crippen molar-refractivity contribution in [3.05, 3.63) is 24.3 Å². The molecule has 0 atom stereocenters. The Morgan fingerprint density at radius 2 is 1.78 bits per heavy atom. The van der Waals surface area contributed by atoms with Gasteiger partial charge in [0, 0.05) is 12.5 Å². The van der Waals surface area contributed by atoms with Crippen LogP contribution in [0.4, 0.5) is 4.79 Å². The number of para-hydroxylation sites is 1. The highest BCUT2D eigenvalue weighted by Gasteiger charge is 2.52. The van der Waals surface area contributed by atoms with E-state index in [2.05, 4.69) is 0 Å². The van der Waals surface area contributed by atoms with Crippen LogP contribution in [0.15, 0.2) is 24.3 Å². The van der Waals surface area contributed by atoms with E-state index in [0.29, 0.717) is 5.75 Å². The molecule has 0 radical (unpaired) electrons. The minimum Gasteiger partial charge on any atom is -0.492 e. The third-order valence-corrected chi connectivity index (χ3v) is 4.44. The molecule has 23 heavy (non-hydrogen) atoms. The lowest BCUT2D eigenvalue weighted by atomic mass is 9.78. The quantitative estimate of drug-likeness (QED) is 0.840. The van der Waals surface area contributed by atoms with Gasteiger partial charge in [0.1, 0.15) is 12.4 Å². The topological polar surface area (TPSA) is 68.2 Å². The SMILES string of the molecule is CN(CCOc1ccccc1B1OC(C)(C)C(C)(C)O1)C(=O)O. The summed E-state index contributed by atoms with van der Waals surface area (Å²) < 4.78 is 17.8. The summed E-state index contributed by atoms with van der Waals surface area (Å²) in [5.41, 5.74) is -0.0353. The number of amides is 1. The van der Waals surface area contributed by atoms with Gasteiger partial charge in [-0.1, -0.05) is 18.2 Å². The first-order valence-electron chi connectivity index (χ1n) is 7.65. The fraction of sp³-hybridized carbons (Fsp3) is 0.562. The third-order valence-electron chi connectivity index (χ3n) is 4.44. The summed E-state index contributed by atoms with van der Waals surface area (Å²) in [6.45, 7) is 8.54. The van der Waals surface area contributed by atoms with Crippen LogP contribution in [0.1, 0.15) is 27.7 Å². The number of hydrogen-bond donors (Lipinski definition) is 1. The van der Waals surface area contributed by atoms with Crippen LogP contribution >= 0.6 is 0 Å². The number of rotatable bonds is 5. The molecule has 0 aromatic heterocycles. The van der Waals surface area contributed by atoms with Crippen molar-refractivity contribution in [1.29, 1.82) is 0 Å². The maximum absolute atomic E-state index is 10.8. The van der Waals surface area contributed by atoms with Gasteiger partial charge in [0.25, 0.3) is 0 Å². The van der Waals surface area contributed by atoms with E-state index in [1.807, 2.05) is 52.0 Å². The average Bonchev–Trinajstić information content (AvgIpc) is 2.67. The molecule has 1 amide bonds. The van der Waals surface area contributed by atoms with Crippen LogP contribution < -0.4 is 10.2 Å². The molecule has 7 heteroatoms. The Hall–Kier alpha value is -1.73. The van der Waals surface area contributed by atoms with Crippen LogP contribution in [0, 0.1) is 0 Å². The van der Waals surface area contributed by atoms with Crippen LogP contribution in [0.25, 0.3) is 0 Å². The van der Waals surface area contributed by atoms with Crippen molar-refractivity contribution in [2.45, 2.75) is 38.9 Å². The summed E-state index contributed by atoms with van der Waals surface area (Å²) >= 11 is 0. The second kappa shape index (κ2) is 6.41. The fourth-order valence-electron chi connectivity index (χ4n) is 2.16. The molecule has 1 aromatic carbocycles. The van der Waals surface area contributed by atoms with Gasteiger partial charge in [-0.05, 0) is 33.8 Å². The molecule has 0 bridgehead atoms. The first kappa shape index (κ1) is 17.6. The number of carboxylic acid groups (broad SMARTS) is 1. The molecule has 0 saturated carbocycles. The van der Waals surface area contributed by atoms with Gasteiger partial charge in [0.2, 0.25) is 0 Å². The second-order valence-corrected chi connectivity index (χ2v) is 6.68. The molecule has 1 fully saturated rings. The van der Waals surface area contributed by atoms with E-state index in [9.17, 15) is 4.79 Å². The van der Waals surface area contributed by atoms with Crippen LogP contribution in [0.2, 0.25) is 0 Å². The summed E-state index contributed by atoms with van der Waals surface area (Å²) in [7, 11) is 1.000. The normalized spacial score (nSPS) is 18.7. The summed E-state index contributed by atoms with van der Waals surface area (Å²) in [6.07, 6.45) is -0.979. The zero-order valence-corrected chi connectivity index (χ0v) is 14.3. The Kier molecular flexibility index (Phi) is 4.91. The molecular formula is C16H24BNO5. The van der Waals surface area contributed by atoms with E-state index >= 15 is 0 Å². The maximum Gasteiger partial charge on any atom is 0.498 e. The van der Waals surface area contributed by atoms with Gasteiger partial charge in [-0.2, -0.15) is 0 Å². The smallest absolute Gasteiger partial charge is 0.492 e. The molecule has 0 aliphatic carbocycles. The maximum atomic E-state index is 10.8. The highest BCUT2D eigenvalue weighted by atomic mass is 16.7. The van der Waals surface area contributed by atoms with Crippen molar-refractivity contribution >= 4 is 18.7 Å². The van der Waals surface area contributed by atoms with E-state index in [4.69, 9.17) is 19.2 Å². The molecule has 1 aliphatic rings. The van der Waals surface area contributed by atoms with E-state index in [1.165, 1.54) is 11.9 Å². The largest absolute Gasteiger partial charge is 0.498 e. The van der Waals surface area contributed by atoms with Crippen molar-refractivity contribution in [2.24, 2.45) is 0 Å². The van der Waals surface area contributed by atoms with E-state index in [0.717, 1.165) is 5.46 Å². The van der Waals surface area contributed by atoms with Crippen LogP contribution in [-0.4, -0.2) is 54.6 Å². The van der Waals surface area contributed by atoms with Crippen LogP contribution in [0.3, 0.4) is 0 Å². The zero-order valence-electron chi connectivity index (χ0n) is 14.3. The minimum atomic E-state index is -0.979. The lowest BCUT2D eigenvalue weighted by molar-refractivity contribution is 0.00578. The summed E-state index contributed by atoms with van der Waals surface area (Å²) in [5.74, 6) is 0.643. The van der Waals surface area contributed by atoms with Crippen molar-refractivity contribution in [2.75, 3.05) is 20.2 Å². The molecule has 0 unspecified atom stereocenters. The molecule has 1 aliphatic heterocycles. The number of hydrogen-bond acceptors (Lipinski definition) is 4. The highest BCUT2D eigenvalue weighted by Crippen LogP contribution is 2.37. The molecule has 1 aromatic rings. The van der Waals surface area contributed by atoms with Crippen LogP contribution in [0.5, 0.6) is 5.75 Å². The first-order chi connectivity index (χ1) is 10.6. The molecule has 2 rings (SSSR count). The van der Waals surface area contributed by atoms with Gasteiger partial charge in [-0.15, -0.1) is 0 Å². The van der Waals surface area contributed by atoms with Crippen molar-refractivity contribution < 1.29 is 23.9 Å². The van der Waals surface area contributed by atoms with E-state index in [-0.39, 0.29) is 13.2 Å². The minimum absolute atomic E-state index is 0.263. The molecule has 0 spiro atoms. The number of ether oxygens (including phenoxy) is 1. The third kappa shape index (κ3) is 3.79. The molecule has 1 saturated heterocycles. The lowest BCUT2D eigenvalue weighted by Gasteiger charge is -2.32. The van der Waals surface area contributed by atoms with Gasteiger partial charge in [-0.3, -0.25) is 0 Å². The Morgan fingerprint density at radius 1 is 1.22 bits per heavy atom. The monoisotopic (exact) mass is 321 g/mol. The zero-order chi connectivity index (χ0) is 17.3. The van der Waals surface area contributed by atoms with Gasteiger partial charge < -0.3 is 24.1 Å². The van der Waals surface area contributed by atoms with Gasteiger partial charge in [-0.25, -0.2) is 4.79 Å². The summed E-state index contributed by atoms with van der Waals surface area (Å²) in [5, 5.41) is 8.85. The van der Waals surface area contributed by atoms with Crippen molar-refractivity contribution in [3.63, 3.8) is 0 Å². The predicted molar refractivity (Wildman–Crippen MR) is 88.3 cm³/mol. The van der Waals surface area contributed by atoms with E-state index in [1.54, 1.807) is 0 Å². The molecule has 126 valence electrons. The second-order valence-electron chi connectivity index (χ2n) is 6.68. The highest BCUT2D eigenvalue weighted by molar-refractivity contribution is 6.63. The first-order valence-corrected chi connectivity index (χ1v) is 7.65. The number of nitrogens with zero attached hydrogens (tertiary/aromatic N) is 1. The Labute approximate surface area is 137 Å². The number of benzene rings is 1. The van der Waals surface area contributed by atoms with Gasteiger partial charge in [0.15, 0.2) is 0 Å². The average molecular weight is 321 g/mol. The Morgan fingerprint density at radius 3 is 2.35 bits per heavy atom. The van der Waals surface area contributed by atoms with Gasteiger partial charge >= 0.3 is 13.2 Å². The number of likely N-dealkylation sites (N-methyl/N-ethyl adjacent to an activating group) is 1. The predicted octanol–water partition coefficient (Wildman–Crippen LogP) is 1.97. The van der Waals surface area contributed by atoms with Crippen LogP contribution in [-0.2, 0) is 9.31 Å². The van der Waals surface area contributed by atoms with Crippen molar-refractivity contribution in [1.82, 2.24) is 4.90 Å². The Balaban J connectivity index is 2.08. The Bertz CT molecular complexity index is 559. The fourth-order valence-corrected chi connectivity index (χ4v) is 2.16. The molecule has 1 N–H and O–H groups in total. The molecule has 6 nitrogen and oxygen atoms in total. The standard InChI is InChI=1S/C16H24BNO5/c1-15(2)16(3,4)23-17(22-15)12-8-6-7-9-13(12)21-11-10-18(5)14(19)20/h6-9H,10-11H2,1-5H3,(H,19,20). The summed E-state index contributed by atoms with van der Waals surface area (Å²) in [4.78, 5) is 12.0. The lowest BCUT2D eigenvalue weighted by Crippen LogP contribution is -2.41. The van der Waals surface area contributed by atoms with E-state index < -0.39 is 24.4 Å².